The lowest BCUT2D eigenvalue weighted by Gasteiger charge is -2.32. The smallest absolute Gasteiger partial charge is 0.139 e. The molecule has 5 heteroatoms. The molecule has 0 radical (unpaired) electrons. The minimum Gasteiger partial charge on any atom is -0.356 e. The van der Waals surface area contributed by atoms with E-state index in [1.54, 1.807) is 6.33 Å². The van der Waals surface area contributed by atoms with E-state index in [4.69, 9.17) is 23.2 Å². The normalized spacial score (nSPS) is 17.9. The fourth-order valence-electron chi connectivity index (χ4n) is 3.55. The van der Waals surface area contributed by atoms with Crippen molar-refractivity contribution in [2.45, 2.75) is 19.8 Å². The molecule has 2 aromatic carbocycles. The highest BCUT2D eigenvalue weighted by Crippen LogP contribution is 2.35. The summed E-state index contributed by atoms with van der Waals surface area (Å²) < 4.78 is 0. The molecule has 0 N–H and O–H groups in total. The van der Waals surface area contributed by atoms with Crippen molar-refractivity contribution in [2.75, 3.05) is 18.0 Å². The number of benzene rings is 2. The van der Waals surface area contributed by atoms with Crippen LogP contribution in [0.4, 0.5) is 5.82 Å². The lowest BCUT2D eigenvalue weighted by Crippen LogP contribution is -2.35. The quantitative estimate of drug-likeness (QED) is 0.566. The van der Waals surface area contributed by atoms with Crippen LogP contribution in [0, 0.1) is 5.92 Å². The van der Waals surface area contributed by atoms with Crippen molar-refractivity contribution >= 4 is 39.9 Å². The number of aromatic nitrogens is 2. The van der Waals surface area contributed by atoms with Crippen molar-refractivity contribution < 1.29 is 0 Å². The summed E-state index contributed by atoms with van der Waals surface area (Å²) in [4.78, 5) is 11.4. The van der Waals surface area contributed by atoms with E-state index in [0.29, 0.717) is 16.0 Å². The van der Waals surface area contributed by atoms with Gasteiger partial charge in [0.1, 0.15) is 12.1 Å². The number of hydrogen-bond acceptors (Lipinski definition) is 3. The molecule has 1 aromatic heterocycles. The molecule has 3 nitrogen and oxygen atoms in total. The Hall–Kier alpha value is -1.84. The van der Waals surface area contributed by atoms with Gasteiger partial charge >= 0.3 is 0 Å². The van der Waals surface area contributed by atoms with Crippen LogP contribution in [0.1, 0.15) is 19.8 Å². The first-order valence-corrected chi connectivity index (χ1v) is 9.32. The molecular weight excluding hydrogens is 353 g/mol. The zero-order valence-electron chi connectivity index (χ0n) is 14.0. The second kappa shape index (κ2) is 6.81. The van der Waals surface area contributed by atoms with Crippen LogP contribution in [0.15, 0.2) is 42.7 Å². The minimum atomic E-state index is 0.682. The average Bonchev–Trinajstić information content (AvgIpc) is 2.61. The Morgan fingerprint density at radius 3 is 2.64 bits per heavy atom. The highest BCUT2D eigenvalue weighted by atomic mass is 35.5. The molecule has 0 spiro atoms. The number of fused-ring (bicyclic) bond motifs is 1. The van der Waals surface area contributed by atoms with Gasteiger partial charge in [0.25, 0.3) is 0 Å². The molecule has 0 saturated carbocycles. The molecule has 0 amide bonds. The Labute approximate surface area is 157 Å². The third-order valence-electron chi connectivity index (χ3n) is 4.81. The van der Waals surface area contributed by atoms with E-state index in [1.165, 1.54) is 12.8 Å². The molecule has 0 aliphatic carbocycles. The van der Waals surface area contributed by atoms with E-state index in [1.807, 2.05) is 30.3 Å². The molecular formula is C20H19Cl2N3. The maximum Gasteiger partial charge on any atom is 0.139 e. The van der Waals surface area contributed by atoms with Crippen LogP contribution in [-0.2, 0) is 0 Å². The second-order valence-corrected chi connectivity index (χ2v) is 7.59. The van der Waals surface area contributed by atoms with Gasteiger partial charge < -0.3 is 4.90 Å². The van der Waals surface area contributed by atoms with Gasteiger partial charge in [0.2, 0.25) is 0 Å². The zero-order chi connectivity index (χ0) is 17.4. The zero-order valence-corrected chi connectivity index (χ0v) is 15.6. The maximum absolute atomic E-state index is 6.53. The molecule has 4 rings (SSSR count). The second-order valence-electron chi connectivity index (χ2n) is 6.75. The van der Waals surface area contributed by atoms with Gasteiger partial charge in [-0.25, -0.2) is 9.97 Å². The molecule has 1 fully saturated rings. The van der Waals surface area contributed by atoms with Crippen LogP contribution < -0.4 is 4.90 Å². The SMILES string of the molecule is C[C@H]1CCCN(c2ncnc3cc(Cl)c(-c4ccc(Cl)cc4)cc23)C1. The first-order chi connectivity index (χ1) is 12.1. The van der Waals surface area contributed by atoms with Crippen LogP contribution in [0.25, 0.3) is 22.0 Å². The van der Waals surface area contributed by atoms with Gasteiger partial charge in [-0.2, -0.15) is 0 Å². The van der Waals surface area contributed by atoms with Gasteiger partial charge in [0.15, 0.2) is 0 Å². The van der Waals surface area contributed by atoms with E-state index < -0.39 is 0 Å². The Morgan fingerprint density at radius 1 is 1.08 bits per heavy atom. The van der Waals surface area contributed by atoms with Crippen molar-refractivity contribution in [1.82, 2.24) is 9.97 Å². The van der Waals surface area contributed by atoms with Crippen molar-refractivity contribution in [3.8, 4) is 11.1 Å². The highest BCUT2D eigenvalue weighted by Gasteiger charge is 2.20. The molecule has 2 heterocycles. The molecule has 1 aliphatic rings. The molecule has 1 saturated heterocycles. The molecule has 25 heavy (non-hydrogen) atoms. The summed E-state index contributed by atoms with van der Waals surface area (Å²) in [5.74, 6) is 1.69. The fraction of sp³-hybridized carbons (Fsp3) is 0.300. The number of hydrogen-bond donors (Lipinski definition) is 0. The van der Waals surface area contributed by atoms with Crippen LogP contribution in [0.5, 0.6) is 0 Å². The van der Waals surface area contributed by atoms with Crippen LogP contribution in [0.2, 0.25) is 10.0 Å². The summed E-state index contributed by atoms with van der Waals surface area (Å²) in [7, 11) is 0. The summed E-state index contributed by atoms with van der Waals surface area (Å²) in [6, 6.07) is 11.8. The van der Waals surface area contributed by atoms with Crippen molar-refractivity contribution in [2.24, 2.45) is 5.92 Å². The van der Waals surface area contributed by atoms with E-state index in [9.17, 15) is 0 Å². The summed E-state index contributed by atoms with van der Waals surface area (Å²) in [6.45, 7) is 4.37. The van der Waals surface area contributed by atoms with Crippen molar-refractivity contribution in [3.63, 3.8) is 0 Å². The van der Waals surface area contributed by atoms with E-state index >= 15 is 0 Å². The summed E-state index contributed by atoms with van der Waals surface area (Å²) in [5.41, 5.74) is 2.90. The Balaban J connectivity index is 1.85. The molecule has 1 aliphatic heterocycles. The first-order valence-electron chi connectivity index (χ1n) is 8.57. The summed E-state index contributed by atoms with van der Waals surface area (Å²) >= 11 is 12.5. The van der Waals surface area contributed by atoms with Gasteiger partial charge in [0, 0.05) is 29.1 Å². The lowest BCUT2D eigenvalue weighted by atomic mass is 9.99. The molecule has 128 valence electrons. The third kappa shape index (κ3) is 3.31. The average molecular weight is 372 g/mol. The summed E-state index contributed by atoms with van der Waals surface area (Å²) in [5, 5.41) is 2.45. The lowest BCUT2D eigenvalue weighted by molar-refractivity contribution is 0.445. The first kappa shape index (κ1) is 16.6. The molecule has 3 aromatic rings. The summed E-state index contributed by atoms with van der Waals surface area (Å²) in [6.07, 6.45) is 4.11. The molecule has 0 unspecified atom stereocenters. The number of anilines is 1. The van der Waals surface area contributed by atoms with Gasteiger partial charge in [-0.3, -0.25) is 0 Å². The predicted octanol–water partition coefficient (Wildman–Crippen LogP) is 5.84. The van der Waals surface area contributed by atoms with Gasteiger partial charge in [-0.15, -0.1) is 0 Å². The minimum absolute atomic E-state index is 0.682. The Kier molecular flexibility index (Phi) is 4.53. The van der Waals surface area contributed by atoms with E-state index in [-0.39, 0.29) is 0 Å². The largest absolute Gasteiger partial charge is 0.356 e. The van der Waals surface area contributed by atoms with Crippen LogP contribution in [0.3, 0.4) is 0 Å². The predicted molar refractivity (Wildman–Crippen MR) is 106 cm³/mol. The van der Waals surface area contributed by atoms with Crippen LogP contribution in [-0.4, -0.2) is 23.1 Å². The number of nitrogens with zero attached hydrogens (tertiary/aromatic N) is 3. The fourth-order valence-corrected chi connectivity index (χ4v) is 3.94. The topological polar surface area (TPSA) is 29.0 Å². The monoisotopic (exact) mass is 371 g/mol. The number of piperidine rings is 1. The number of rotatable bonds is 2. The Morgan fingerprint density at radius 2 is 1.88 bits per heavy atom. The molecule has 1 atom stereocenters. The third-order valence-corrected chi connectivity index (χ3v) is 5.38. The standard InChI is InChI=1S/C20H19Cl2N3/c1-13-3-2-8-25(11-13)20-17-9-16(14-4-6-15(21)7-5-14)18(22)10-19(17)23-12-24-20/h4-7,9-10,12-13H,2-3,8,11H2,1H3/t13-/m0/s1. The Bertz CT molecular complexity index is 909. The van der Waals surface area contributed by atoms with Gasteiger partial charge in [0.05, 0.1) is 10.5 Å². The van der Waals surface area contributed by atoms with Gasteiger partial charge in [-0.05, 0) is 48.6 Å². The maximum atomic E-state index is 6.53. The van der Waals surface area contributed by atoms with E-state index in [2.05, 4.69) is 27.9 Å². The highest BCUT2D eigenvalue weighted by molar-refractivity contribution is 6.34. The molecule has 0 bridgehead atoms. The van der Waals surface area contributed by atoms with Gasteiger partial charge in [-0.1, -0.05) is 42.3 Å². The number of halogens is 2. The van der Waals surface area contributed by atoms with Crippen LogP contribution >= 0.6 is 23.2 Å². The van der Waals surface area contributed by atoms with E-state index in [0.717, 1.165) is 40.9 Å². The van der Waals surface area contributed by atoms with Crippen molar-refractivity contribution in [1.29, 1.82) is 0 Å². The van der Waals surface area contributed by atoms with Crippen molar-refractivity contribution in [3.05, 3.63) is 52.8 Å².